The summed E-state index contributed by atoms with van der Waals surface area (Å²) >= 11 is 3.30. The van der Waals surface area contributed by atoms with E-state index >= 15 is 0 Å². The van der Waals surface area contributed by atoms with Gasteiger partial charge in [-0.3, -0.25) is 9.59 Å². The topological polar surface area (TPSA) is 37.4 Å². The van der Waals surface area contributed by atoms with Crippen molar-refractivity contribution in [2.75, 3.05) is 11.9 Å². The van der Waals surface area contributed by atoms with Crippen molar-refractivity contribution in [3.63, 3.8) is 0 Å². The third kappa shape index (κ3) is 1.35. The lowest BCUT2D eigenvalue weighted by Crippen LogP contribution is -2.34. The van der Waals surface area contributed by atoms with Crippen LogP contribution in [0.25, 0.3) is 0 Å². The maximum absolute atomic E-state index is 11.5. The van der Waals surface area contributed by atoms with Gasteiger partial charge in [-0.15, -0.1) is 0 Å². The SMILES string of the molecule is CN1C(=O)CC(=O)c2cc(Br)ccc21. The van der Waals surface area contributed by atoms with Gasteiger partial charge in [0, 0.05) is 17.1 Å². The van der Waals surface area contributed by atoms with Crippen LogP contribution < -0.4 is 4.90 Å². The Morgan fingerprint density at radius 3 is 2.79 bits per heavy atom. The zero-order valence-corrected chi connectivity index (χ0v) is 9.17. The molecule has 0 spiro atoms. The Bertz CT molecular complexity index is 428. The second-order valence-corrected chi connectivity index (χ2v) is 4.13. The molecular formula is C10H8BrNO2. The highest BCUT2D eigenvalue weighted by atomic mass is 79.9. The molecule has 0 saturated heterocycles. The van der Waals surface area contributed by atoms with E-state index in [-0.39, 0.29) is 18.1 Å². The Labute approximate surface area is 89.8 Å². The lowest BCUT2D eigenvalue weighted by Gasteiger charge is -2.24. The van der Waals surface area contributed by atoms with E-state index in [9.17, 15) is 9.59 Å². The summed E-state index contributed by atoms with van der Waals surface area (Å²) in [6.07, 6.45) is -0.0278. The molecule has 0 aliphatic carbocycles. The highest BCUT2D eigenvalue weighted by molar-refractivity contribution is 9.10. The van der Waals surface area contributed by atoms with Crippen LogP contribution in [0.3, 0.4) is 0 Å². The molecule has 1 aliphatic heterocycles. The Morgan fingerprint density at radius 2 is 2.07 bits per heavy atom. The number of ketones is 1. The molecule has 72 valence electrons. The quantitative estimate of drug-likeness (QED) is 0.664. The summed E-state index contributed by atoms with van der Waals surface area (Å²) in [5.74, 6) is -0.255. The van der Waals surface area contributed by atoms with E-state index in [1.165, 1.54) is 4.90 Å². The normalized spacial score (nSPS) is 15.7. The van der Waals surface area contributed by atoms with Crippen LogP contribution in [0.2, 0.25) is 0 Å². The first-order valence-corrected chi connectivity index (χ1v) is 4.98. The smallest absolute Gasteiger partial charge is 0.234 e. The molecule has 1 amide bonds. The highest BCUT2D eigenvalue weighted by Gasteiger charge is 2.26. The zero-order valence-electron chi connectivity index (χ0n) is 7.58. The fourth-order valence-corrected chi connectivity index (χ4v) is 1.87. The first-order valence-electron chi connectivity index (χ1n) is 4.19. The van der Waals surface area contributed by atoms with E-state index in [1.54, 1.807) is 19.2 Å². The van der Waals surface area contributed by atoms with Crippen LogP contribution in [0.5, 0.6) is 0 Å². The van der Waals surface area contributed by atoms with Gasteiger partial charge in [-0.05, 0) is 18.2 Å². The average molecular weight is 254 g/mol. The number of hydrogen-bond acceptors (Lipinski definition) is 2. The van der Waals surface area contributed by atoms with Crippen LogP contribution in [-0.4, -0.2) is 18.7 Å². The van der Waals surface area contributed by atoms with Gasteiger partial charge in [0.1, 0.15) is 0 Å². The zero-order chi connectivity index (χ0) is 10.3. The molecule has 1 aliphatic rings. The molecule has 1 aromatic carbocycles. The van der Waals surface area contributed by atoms with Gasteiger partial charge >= 0.3 is 0 Å². The van der Waals surface area contributed by atoms with Gasteiger partial charge in [-0.2, -0.15) is 0 Å². The van der Waals surface area contributed by atoms with E-state index in [1.807, 2.05) is 6.07 Å². The number of carbonyl (C=O) groups is 2. The van der Waals surface area contributed by atoms with Crippen LogP contribution in [0, 0.1) is 0 Å². The summed E-state index contributed by atoms with van der Waals surface area (Å²) in [5, 5.41) is 0. The third-order valence-corrected chi connectivity index (χ3v) is 2.80. The Hall–Kier alpha value is -1.16. The van der Waals surface area contributed by atoms with Gasteiger partial charge < -0.3 is 4.90 Å². The van der Waals surface area contributed by atoms with Crippen molar-refractivity contribution in [1.82, 2.24) is 0 Å². The molecule has 2 rings (SSSR count). The van der Waals surface area contributed by atoms with Crippen LogP contribution in [0.15, 0.2) is 22.7 Å². The predicted octanol–water partition coefficient (Wildman–Crippen LogP) is 2.00. The molecule has 0 radical (unpaired) electrons. The molecule has 1 heterocycles. The van der Waals surface area contributed by atoms with E-state index in [0.29, 0.717) is 11.3 Å². The summed E-state index contributed by atoms with van der Waals surface area (Å²) < 4.78 is 0.854. The van der Waals surface area contributed by atoms with Gasteiger partial charge in [-0.25, -0.2) is 0 Å². The molecule has 0 saturated carbocycles. The summed E-state index contributed by atoms with van der Waals surface area (Å²) in [5.41, 5.74) is 1.30. The number of rotatable bonds is 0. The molecule has 4 heteroatoms. The second kappa shape index (κ2) is 3.20. The van der Waals surface area contributed by atoms with Crippen molar-refractivity contribution in [2.45, 2.75) is 6.42 Å². The Kier molecular flexibility index (Phi) is 2.15. The summed E-state index contributed by atoms with van der Waals surface area (Å²) in [7, 11) is 1.68. The number of Topliss-reactive ketones (excluding diaryl/α,β-unsaturated/α-hetero) is 1. The molecule has 14 heavy (non-hydrogen) atoms. The lowest BCUT2D eigenvalue weighted by atomic mass is 10.0. The fourth-order valence-electron chi connectivity index (χ4n) is 1.51. The van der Waals surface area contributed by atoms with Crippen molar-refractivity contribution in [3.8, 4) is 0 Å². The summed E-state index contributed by atoms with van der Waals surface area (Å²) in [6, 6.07) is 5.34. The monoisotopic (exact) mass is 253 g/mol. The van der Waals surface area contributed by atoms with Crippen molar-refractivity contribution in [3.05, 3.63) is 28.2 Å². The standard InChI is InChI=1S/C10H8BrNO2/c1-12-8-3-2-6(11)4-7(8)9(13)5-10(12)14/h2-4H,5H2,1H3. The Morgan fingerprint density at radius 1 is 1.36 bits per heavy atom. The van der Waals surface area contributed by atoms with Crippen LogP contribution >= 0.6 is 15.9 Å². The molecule has 0 unspecified atom stereocenters. The molecule has 0 aromatic heterocycles. The number of benzene rings is 1. The maximum atomic E-state index is 11.5. The molecule has 0 atom stereocenters. The maximum Gasteiger partial charge on any atom is 0.234 e. The van der Waals surface area contributed by atoms with E-state index < -0.39 is 0 Å². The van der Waals surface area contributed by atoms with Crippen LogP contribution in [-0.2, 0) is 4.79 Å². The third-order valence-electron chi connectivity index (χ3n) is 2.31. The largest absolute Gasteiger partial charge is 0.314 e. The predicted molar refractivity (Wildman–Crippen MR) is 56.5 cm³/mol. The molecule has 1 aromatic rings. The number of anilines is 1. The van der Waals surface area contributed by atoms with Gasteiger partial charge in [0.2, 0.25) is 5.91 Å². The number of fused-ring (bicyclic) bond motifs is 1. The number of halogens is 1. The molecule has 0 bridgehead atoms. The minimum atomic E-state index is -0.148. The second-order valence-electron chi connectivity index (χ2n) is 3.21. The van der Waals surface area contributed by atoms with Crippen LogP contribution in [0.4, 0.5) is 5.69 Å². The molecular weight excluding hydrogens is 246 g/mol. The molecule has 0 N–H and O–H groups in total. The van der Waals surface area contributed by atoms with Crippen molar-refractivity contribution in [2.24, 2.45) is 0 Å². The van der Waals surface area contributed by atoms with E-state index in [2.05, 4.69) is 15.9 Å². The number of nitrogens with zero attached hydrogens (tertiary/aromatic N) is 1. The minimum absolute atomic E-state index is 0.0278. The number of carbonyl (C=O) groups excluding carboxylic acids is 2. The first-order chi connectivity index (χ1) is 6.59. The lowest BCUT2D eigenvalue weighted by molar-refractivity contribution is -0.117. The van der Waals surface area contributed by atoms with E-state index in [4.69, 9.17) is 0 Å². The van der Waals surface area contributed by atoms with Gasteiger partial charge in [0.05, 0.1) is 12.1 Å². The molecule has 3 nitrogen and oxygen atoms in total. The summed E-state index contributed by atoms with van der Waals surface area (Å²) in [4.78, 5) is 24.4. The highest BCUT2D eigenvalue weighted by Crippen LogP contribution is 2.29. The van der Waals surface area contributed by atoms with E-state index in [0.717, 1.165) is 4.47 Å². The Balaban J connectivity index is 2.61. The van der Waals surface area contributed by atoms with Crippen molar-refractivity contribution < 1.29 is 9.59 Å². The summed E-state index contributed by atoms with van der Waals surface area (Å²) in [6.45, 7) is 0. The number of amides is 1. The average Bonchev–Trinajstić information content (AvgIpc) is 2.14. The van der Waals surface area contributed by atoms with Gasteiger partial charge in [-0.1, -0.05) is 15.9 Å². The van der Waals surface area contributed by atoms with Crippen molar-refractivity contribution >= 4 is 33.3 Å². The van der Waals surface area contributed by atoms with Gasteiger partial charge in [0.15, 0.2) is 5.78 Å². The number of hydrogen-bond donors (Lipinski definition) is 0. The van der Waals surface area contributed by atoms with Crippen LogP contribution in [0.1, 0.15) is 16.8 Å². The van der Waals surface area contributed by atoms with Gasteiger partial charge in [0.25, 0.3) is 0 Å². The van der Waals surface area contributed by atoms with Crippen molar-refractivity contribution in [1.29, 1.82) is 0 Å². The fraction of sp³-hybridized carbons (Fsp3) is 0.200. The first kappa shape index (κ1) is 9.40. The minimum Gasteiger partial charge on any atom is -0.314 e. The molecule has 0 fully saturated rings.